The van der Waals surface area contributed by atoms with Gasteiger partial charge in [-0.05, 0) is 24.0 Å². The molecule has 7 heteroatoms. The number of carbonyl (C=O) groups excluding carboxylic acids is 1. The van der Waals surface area contributed by atoms with Crippen molar-refractivity contribution in [2.75, 3.05) is 6.54 Å². The average Bonchev–Trinajstić information content (AvgIpc) is 3.03. The molecule has 0 bridgehead atoms. The zero-order chi connectivity index (χ0) is 16.7. The van der Waals surface area contributed by atoms with Gasteiger partial charge in [0.2, 0.25) is 11.9 Å². The largest absolute Gasteiger partial charge is 0.337 e. The number of hydrogen-bond donors (Lipinski definition) is 2. The van der Waals surface area contributed by atoms with Crippen LogP contribution in [0.3, 0.4) is 0 Å². The summed E-state index contributed by atoms with van der Waals surface area (Å²) >= 11 is 0. The van der Waals surface area contributed by atoms with E-state index in [4.69, 9.17) is 0 Å². The lowest BCUT2D eigenvalue weighted by Crippen LogP contribution is -2.50. The van der Waals surface area contributed by atoms with Crippen LogP contribution in [0, 0.1) is 16.0 Å². The van der Waals surface area contributed by atoms with Gasteiger partial charge in [0.15, 0.2) is 0 Å². The van der Waals surface area contributed by atoms with Crippen LogP contribution in [-0.4, -0.2) is 40.4 Å². The van der Waals surface area contributed by atoms with E-state index in [1.165, 1.54) is 11.1 Å². The number of nitrogens with zero attached hydrogens (tertiary/aromatic N) is 2. The number of hydrazine groups is 1. The average molecular weight is 330 g/mol. The minimum atomic E-state index is -0.523. The van der Waals surface area contributed by atoms with Crippen LogP contribution in [0.25, 0.3) is 0 Å². The second-order valence-corrected chi connectivity index (χ2v) is 7.07. The molecule has 2 fully saturated rings. The third kappa shape index (κ3) is 2.67. The molecule has 2 aliphatic heterocycles. The topological polar surface area (TPSA) is 87.5 Å². The van der Waals surface area contributed by atoms with Crippen LogP contribution in [0.4, 0.5) is 0 Å². The minimum absolute atomic E-state index is 0.00109. The summed E-state index contributed by atoms with van der Waals surface area (Å²) in [5, 5.41) is 11.1. The maximum Gasteiger partial charge on any atom is 0.241 e. The van der Waals surface area contributed by atoms with Gasteiger partial charge in [0.05, 0.1) is 0 Å². The molecule has 4 unspecified atom stereocenters. The quantitative estimate of drug-likeness (QED) is 0.620. The molecule has 24 heavy (non-hydrogen) atoms. The van der Waals surface area contributed by atoms with Crippen molar-refractivity contribution >= 4 is 5.91 Å². The molecule has 2 N–H and O–H groups in total. The van der Waals surface area contributed by atoms with Crippen LogP contribution in [0.1, 0.15) is 30.4 Å². The van der Waals surface area contributed by atoms with Gasteiger partial charge in [0, 0.05) is 42.8 Å². The highest BCUT2D eigenvalue weighted by Crippen LogP contribution is 2.33. The van der Waals surface area contributed by atoms with Gasteiger partial charge in [-0.25, -0.2) is 5.43 Å². The van der Waals surface area contributed by atoms with Crippen molar-refractivity contribution in [3.63, 3.8) is 0 Å². The van der Waals surface area contributed by atoms with E-state index < -0.39 is 6.04 Å². The van der Waals surface area contributed by atoms with Crippen molar-refractivity contribution in [3.05, 3.63) is 45.5 Å². The molecule has 1 amide bonds. The van der Waals surface area contributed by atoms with Crippen molar-refractivity contribution in [2.24, 2.45) is 5.92 Å². The molecule has 4 rings (SSSR count). The molecular formula is C17H22N4O3. The lowest BCUT2D eigenvalue weighted by Gasteiger charge is -2.34. The van der Waals surface area contributed by atoms with Crippen molar-refractivity contribution in [3.8, 4) is 0 Å². The third-order valence-electron chi connectivity index (χ3n) is 5.73. The third-order valence-corrected chi connectivity index (χ3v) is 5.73. The minimum Gasteiger partial charge on any atom is -0.337 e. The number of nitro groups is 1. The molecule has 3 aliphatic rings. The van der Waals surface area contributed by atoms with Gasteiger partial charge >= 0.3 is 0 Å². The van der Waals surface area contributed by atoms with Gasteiger partial charge in [-0.2, -0.15) is 0 Å². The van der Waals surface area contributed by atoms with E-state index >= 15 is 0 Å². The van der Waals surface area contributed by atoms with Crippen molar-refractivity contribution < 1.29 is 9.72 Å². The lowest BCUT2D eigenvalue weighted by atomic mass is 9.79. The Balaban J connectivity index is 1.48. The Morgan fingerprint density at radius 2 is 2.00 bits per heavy atom. The predicted octanol–water partition coefficient (Wildman–Crippen LogP) is 0.862. The first-order valence-corrected chi connectivity index (χ1v) is 8.63. The van der Waals surface area contributed by atoms with E-state index in [2.05, 4.69) is 23.0 Å². The van der Waals surface area contributed by atoms with Gasteiger partial charge in [0.1, 0.15) is 6.04 Å². The van der Waals surface area contributed by atoms with Gasteiger partial charge in [0.25, 0.3) is 0 Å². The molecule has 0 spiro atoms. The summed E-state index contributed by atoms with van der Waals surface area (Å²) in [6.45, 7) is 1.34. The summed E-state index contributed by atoms with van der Waals surface area (Å²) in [7, 11) is 0. The first-order chi connectivity index (χ1) is 11.6. The number of amides is 1. The fourth-order valence-corrected chi connectivity index (χ4v) is 4.35. The molecule has 1 saturated carbocycles. The number of hydrogen-bond acceptors (Lipinski definition) is 5. The Kier molecular flexibility index (Phi) is 3.97. The van der Waals surface area contributed by atoms with Gasteiger partial charge < -0.3 is 4.90 Å². The zero-order valence-corrected chi connectivity index (χ0v) is 13.5. The number of rotatable bonds is 2. The van der Waals surface area contributed by atoms with Crippen LogP contribution in [0.15, 0.2) is 24.3 Å². The number of fused-ring (bicyclic) bond motifs is 2. The van der Waals surface area contributed by atoms with Gasteiger partial charge in [-0.15, -0.1) is 0 Å². The highest BCUT2D eigenvalue weighted by atomic mass is 16.6. The molecule has 7 nitrogen and oxygen atoms in total. The van der Waals surface area contributed by atoms with Crippen molar-refractivity contribution in [1.82, 2.24) is 15.8 Å². The summed E-state index contributed by atoms with van der Waals surface area (Å²) in [5.74, 6) is 0.0623. The molecular weight excluding hydrogens is 308 g/mol. The Labute approximate surface area is 140 Å². The highest BCUT2D eigenvalue weighted by Gasteiger charge is 2.47. The van der Waals surface area contributed by atoms with Crippen molar-refractivity contribution in [1.29, 1.82) is 0 Å². The normalized spacial score (nSPS) is 32.1. The van der Waals surface area contributed by atoms with E-state index in [-0.39, 0.29) is 28.8 Å². The van der Waals surface area contributed by atoms with Gasteiger partial charge in [-0.1, -0.05) is 24.3 Å². The maximum absolute atomic E-state index is 13.0. The summed E-state index contributed by atoms with van der Waals surface area (Å²) in [6, 6.07) is 7.50. The number of carbonyl (C=O) groups is 1. The highest BCUT2D eigenvalue weighted by molar-refractivity contribution is 5.83. The lowest BCUT2D eigenvalue weighted by molar-refractivity contribution is -0.528. The Bertz CT molecular complexity index is 665. The van der Waals surface area contributed by atoms with E-state index in [0.29, 0.717) is 25.9 Å². The van der Waals surface area contributed by atoms with Crippen LogP contribution in [-0.2, 0) is 17.8 Å². The van der Waals surface area contributed by atoms with E-state index in [9.17, 15) is 14.9 Å². The molecule has 0 aromatic heterocycles. The summed E-state index contributed by atoms with van der Waals surface area (Å²) in [5.41, 5.74) is 8.81. The first kappa shape index (κ1) is 15.5. The molecule has 1 aromatic rings. The molecule has 0 radical (unpaired) electrons. The summed E-state index contributed by atoms with van der Waals surface area (Å²) in [6.07, 6.45) is 2.67. The standard InChI is InChI=1S/C17H22N4O3/c22-17(20-8-7-11-3-1-2-4-12(11)10-20)16-14-9-13(21(23)24)5-6-15(14)18-19-16/h1-4,13-16,18-19H,5-10H2. The fourth-order valence-electron chi connectivity index (χ4n) is 4.35. The smallest absolute Gasteiger partial charge is 0.241 e. The summed E-state index contributed by atoms with van der Waals surface area (Å²) < 4.78 is 0. The monoisotopic (exact) mass is 330 g/mol. The molecule has 128 valence electrons. The Morgan fingerprint density at radius 3 is 2.79 bits per heavy atom. The SMILES string of the molecule is O=C(C1NNC2CCC([N+](=O)[O-])CC21)N1CCc2ccccc2C1. The van der Waals surface area contributed by atoms with Crippen LogP contribution >= 0.6 is 0 Å². The maximum atomic E-state index is 13.0. The zero-order valence-electron chi connectivity index (χ0n) is 13.5. The van der Waals surface area contributed by atoms with Crippen LogP contribution in [0.5, 0.6) is 0 Å². The first-order valence-electron chi connectivity index (χ1n) is 8.63. The van der Waals surface area contributed by atoms with Crippen molar-refractivity contribution in [2.45, 2.75) is 50.4 Å². The molecule has 2 heterocycles. The van der Waals surface area contributed by atoms with E-state index in [1.54, 1.807) is 0 Å². The summed E-state index contributed by atoms with van der Waals surface area (Å²) in [4.78, 5) is 25.8. The van der Waals surface area contributed by atoms with Gasteiger partial charge in [-0.3, -0.25) is 20.3 Å². The molecule has 1 aliphatic carbocycles. The molecule has 4 atom stereocenters. The number of nitrogens with one attached hydrogen (secondary N) is 2. The number of benzene rings is 1. The fraction of sp³-hybridized carbons (Fsp3) is 0.588. The molecule has 1 saturated heterocycles. The van der Waals surface area contributed by atoms with E-state index in [0.717, 1.165) is 12.8 Å². The Morgan fingerprint density at radius 1 is 1.21 bits per heavy atom. The van der Waals surface area contributed by atoms with Crippen LogP contribution < -0.4 is 10.9 Å². The second kappa shape index (κ2) is 6.14. The van der Waals surface area contributed by atoms with E-state index in [1.807, 2.05) is 17.0 Å². The van der Waals surface area contributed by atoms with Crippen LogP contribution in [0.2, 0.25) is 0 Å². The molecule has 1 aromatic carbocycles. The predicted molar refractivity (Wildman–Crippen MR) is 87.5 cm³/mol. The Hall–Kier alpha value is -1.99. The second-order valence-electron chi connectivity index (χ2n) is 7.07.